The Bertz CT molecular complexity index is 947. The van der Waals surface area contributed by atoms with Crippen LogP contribution in [0, 0.1) is 20.8 Å². The van der Waals surface area contributed by atoms with Gasteiger partial charge in [-0.2, -0.15) is 8.42 Å². The molecule has 1 atom stereocenters. The number of aryl methyl sites for hydroxylation is 3. The molecule has 0 spiro atoms. The van der Waals surface area contributed by atoms with Gasteiger partial charge in [-0.1, -0.05) is 12.1 Å². The van der Waals surface area contributed by atoms with E-state index >= 15 is 0 Å². The molecule has 2 aromatic rings. The molecular weight excluding hydrogens is 374 g/mol. The Morgan fingerprint density at radius 2 is 1.70 bits per heavy atom. The number of hydrogen-bond donors (Lipinski definition) is 3. The van der Waals surface area contributed by atoms with Crippen molar-refractivity contribution in [3.8, 4) is 17.2 Å². The number of hydrogen-bond acceptors (Lipinski definition) is 6. The maximum Gasteiger partial charge on any atom is 0.446 e. The van der Waals surface area contributed by atoms with Gasteiger partial charge in [0, 0.05) is 0 Å². The summed E-state index contributed by atoms with van der Waals surface area (Å²) in [5, 5.41) is 8.94. The van der Waals surface area contributed by atoms with Gasteiger partial charge in [-0.15, -0.1) is 0 Å². The fraction of sp³-hybridized carbons (Fsp3) is 0.278. The van der Waals surface area contributed by atoms with Crippen LogP contribution in [0.4, 0.5) is 0 Å². The highest BCUT2D eigenvalue weighted by Gasteiger charge is 2.15. The Morgan fingerprint density at radius 1 is 1.11 bits per heavy atom. The van der Waals surface area contributed by atoms with E-state index in [1.807, 2.05) is 26.0 Å². The van der Waals surface area contributed by atoms with Crippen molar-refractivity contribution in [2.24, 2.45) is 5.73 Å². The number of carbonyl (C=O) groups is 1. The summed E-state index contributed by atoms with van der Waals surface area (Å²) in [6.45, 7) is 5.28. The summed E-state index contributed by atoms with van der Waals surface area (Å²) in [5.41, 5.74) is 8.44. The van der Waals surface area contributed by atoms with Crippen molar-refractivity contribution in [1.82, 2.24) is 0 Å². The smallest absolute Gasteiger partial charge is 0.446 e. The maximum atomic E-state index is 10.9. The van der Waals surface area contributed by atoms with Crippen LogP contribution in [-0.2, 0) is 21.6 Å². The lowest BCUT2D eigenvalue weighted by molar-refractivity contribution is -0.138. The average molecular weight is 395 g/mol. The summed E-state index contributed by atoms with van der Waals surface area (Å²) in [4.78, 5) is 10.9. The molecule has 0 fully saturated rings. The fourth-order valence-corrected chi connectivity index (χ4v) is 3.08. The molecule has 8 nitrogen and oxygen atoms in total. The number of aliphatic carboxylic acids is 1. The normalized spacial score (nSPS) is 12.5. The Morgan fingerprint density at radius 3 is 2.19 bits per heavy atom. The second-order valence-corrected chi connectivity index (χ2v) is 7.27. The summed E-state index contributed by atoms with van der Waals surface area (Å²) in [6, 6.07) is 7.12. The molecule has 0 aliphatic heterocycles. The molecule has 0 saturated carbocycles. The first-order chi connectivity index (χ1) is 12.5. The zero-order valence-corrected chi connectivity index (χ0v) is 15.9. The van der Waals surface area contributed by atoms with E-state index in [0.717, 1.165) is 16.7 Å². The minimum absolute atomic E-state index is 0.00343. The van der Waals surface area contributed by atoms with E-state index in [1.54, 1.807) is 13.0 Å². The van der Waals surface area contributed by atoms with Crippen LogP contribution in [0.3, 0.4) is 0 Å². The molecule has 0 radical (unpaired) electrons. The maximum absolute atomic E-state index is 10.9. The summed E-state index contributed by atoms with van der Waals surface area (Å²) in [7, 11) is -4.60. The van der Waals surface area contributed by atoms with Gasteiger partial charge in [0.15, 0.2) is 0 Å². The highest BCUT2D eigenvalue weighted by Crippen LogP contribution is 2.32. The first-order valence-electron chi connectivity index (χ1n) is 8.00. The molecule has 0 heterocycles. The van der Waals surface area contributed by atoms with Crippen molar-refractivity contribution >= 4 is 16.4 Å². The lowest BCUT2D eigenvalue weighted by atomic mass is 10.0. The van der Waals surface area contributed by atoms with E-state index in [4.69, 9.17) is 20.1 Å². The predicted molar refractivity (Wildman–Crippen MR) is 98.7 cm³/mol. The average Bonchev–Trinajstić information content (AvgIpc) is 2.52. The molecule has 0 aliphatic rings. The Kier molecular flexibility index (Phi) is 6.09. The Hall–Kier alpha value is -2.62. The molecule has 4 N–H and O–H groups in total. The van der Waals surface area contributed by atoms with E-state index in [2.05, 4.69) is 4.18 Å². The number of rotatable bonds is 7. The van der Waals surface area contributed by atoms with E-state index < -0.39 is 22.4 Å². The topological polar surface area (TPSA) is 136 Å². The molecule has 0 bridgehead atoms. The molecule has 2 aromatic carbocycles. The Balaban J connectivity index is 2.25. The van der Waals surface area contributed by atoms with Crippen LogP contribution in [0.2, 0.25) is 0 Å². The van der Waals surface area contributed by atoms with Crippen LogP contribution >= 0.6 is 0 Å². The van der Waals surface area contributed by atoms with Gasteiger partial charge in [-0.25, -0.2) is 0 Å². The van der Waals surface area contributed by atoms with Gasteiger partial charge in [0.25, 0.3) is 0 Å². The lowest BCUT2D eigenvalue weighted by Crippen LogP contribution is -2.32. The lowest BCUT2D eigenvalue weighted by Gasteiger charge is -2.16. The van der Waals surface area contributed by atoms with Gasteiger partial charge in [0.2, 0.25) is 0 Å². The van der Waals surface area contributed by atoms with E-state index in [1.165, 1.54) is 12.1 Å². The first-order valence-corrected chi connectivity index (χ1v) is 9.36. The molecule has 0 saturated heterocycles. The molecule has 0 unspecified atom stereocenters. The van der Waals surface area contributed by atoms with E-state index in [0.29, 0.717) is 17.1 Å². The Labute approximate surface area is 157 Å². The zero-order chi connectivity index (χ0) is 20.4. The van der Waals surface area contributed by atoms with Crippen LogP contribution in [0.5, 0.6) is 17.2 Å². The zero-order valence-electron chi connectivity index (χ0n) is 15.1. The quantitative estimate of drug-likeness (QED) is 0.609. The second-order valence-electron chi connectivity index (χ2n) is 6.25. The molecule has 9 heteroatoms. The summed E-state index contributed by atoms with van der Waals surface area (Å²) < 4.78 is 40.8. The van der Waals surface area contributed by atoms with Crippen molar-refractivity contribution in [2.75, 3.05) is 0 Å². The summed E-state index contributed by atoms with van der Waals surface area (Å²) >= 11 is 0. The third kappa shape index (κ3) is 5.68. The van der Waals surface area contributed by atoms with E-state index in [-0.39, 0.29) is 12.2 Å². The standard InChI is InChI=1S/C18H21NO7S/c1-10-8-14(4-5-16(10)26-27(22,23)24)25-17-11(2)6-13(7-12(17)3)9-15(19)18(20)21/h4-8,15H,9,19H2,1-3H3,(H,20,21)(H,22,23,24)/t15-/m0/s1. The fourth-order valence-electron chi connectivity index (χ4n) is 2.67. The third-order valence-electron chi connectivity index (χ3n) is 3.85. The van der Waals surface area contributed by atoms with Crippen molar-refractivity contribution in [2.45, 2.75) is 33.2 Å². The third-order valence-corrected chi connectivity index (χ3v) is 4.24. The SMILES string of the molecule is Cc1cc(Oc2c(C)cc(C[C@H](N)C(=O)O)cc2C)ccc1OS(=O)(=O)O. The van der Waals surface area contributed by atoms with Crippen LogP contribution in [0.15, 0.2) is 30.3 Å². The predicted octanol–water partition coefficient (Wildman–Crippen LogP) is 2.54. The van der Waals surface area contributed by atoms with Gasteiger partial charge >= 0.3 is 16.4 Å². The molecule has 0 aromatic heterocycles. The van der Waals surface area contributed by atoms with Crippen LogP contribution in [0.25, 0.3) is 0 Å². The van der Waals surface area contributed by atoms with Gasteiger partial charge in [-0.05, 0) is 67.6 Å². The number of carboxylic acids is 1. The van der Waals surface area contributed by atoms with Gasteiger partial charge in [0.1, 0.15) is 23.3 Å². The van der Waals surface area contributed by atoms with Gasteiger partial charge < -0.3 is 19.8 Å². The number of nitrogens with two attached hydrogens (primary N) is 1. The van der Waals surface area contributed by atoms with Gasteiger partial charge in [-0.3, -0.25) is 9.35 Å². The van der Waals surface area contributed by atoms with Gasteiger partial charge in [0.05, 0.1) is 0 Å². The molecule has 2 rings (SSSR count). The minimum atomic E-state index is -4.60. The summed E-state index contributed by atoms with van der Waals surface area (Å²) in [5.74, 6) is -0.00789. The minimum Gasteiger partial charge on any atom is -0.480 e. The van der Waals surface area contributed by atoms with Crippen LogP contribution < -0.4 is 14.7 Å². The monoisotopic (exact) mass is 395 g/mol. The molecule has 27 heavy (non-hydrogen) atoms. The van der Waals surface area contributed by atoms with Crippen LogP contribution in [-0.4, -0.2) is 30.1 Å². The van der Waals surface area contributed by atoms with Crippen molar-refractivity contribution in [3.63, 3.8) is 0 Å². The highest BCUT2D eigenvalue weighted by molar-refractivity contribution is 7.81. The van der Waals surface area contributed by atoms with E-state index in [9.17, 15) is 13.2 Å². The molecule has 0 amide bonds. The summed E-state index contributed by atoms with van der Waals surface area (Å²) in [6.07, 6.45) is 0.206. The molecular formula is C18H21NO7S. The molecule has 0 aliphatic carbocycles. The van der Waals surface area contributed by atoms with Crippen molar-refractivity contribution < 1.29 is 31.8 Å². The number of carboxylic acid groups (broad SMARTS) is 1. The first kappa shape index (κ1) is 20.7. The van der Waals surface area contributed by atoms with Crippen LogP contribution in [0.1, 0.15) is 22.3 Å². The highest BCUT2D eigenvalue weighted by atomic mass is 32.3. The van der Waals surface area contributed by atoms with Crippen molar-refractivity contribution in [3.05, 3.63) is 52.6 Å². The second kappa shape index (κ2) is 7.95. The molecule has 146 valence electrons. The number of benzene rings is 2. The largest absolute Gasteiger partial charge is 0.480 e. The van der Waals surface area contributed by atoms with Crippen molar-refractivity contribution in [1.29, 1.82) is 0 Å². The number of ether oxygens (including phenoxy) is 1.